The number of aromatic nitrogens is 3. The third-order valence-electron chi connectivity index (χ3n) is 5.81. The van der Waals surface area contributed by atoms with Crippen LogP contribution < -0.4 is 5.32 Å². The molecule has 0 unspecified atom stereocenters. The first-order chi connectivity index (χ1) is 15.6. The molecule has 0 saturated carbocycles. The van der Waals surface area contributed by atoms with Crippen LogP contribution >= 0.6 is 0 Å². The number of hydrogen-bond acceptors (Lipinski definition) is 6. The second-order valence-electron chi connectivity index (χ2n) is 7.85. The Morgan fingerprint density at radius 3 is 2.47 bits per heavy atom. The highest BCUT2D eigenvalue weighted by molar-refractivity contribution is 7.89. The fourth-order valence-corrected chi connectivity index (χ4v) is 5.51. The highest BCUT2D eigenvalue weighted by Gasteiger charge is 2.30. The summed E-state index contributed by atoms with van der Waals surface area (Å²) in [6.45, 7) is 0.907. The lowest BCUT2D eigenvalue weighted by atomic mass is 10.0. The van der Waals surface area contributed by atoms with E-state index in [0.717, 1.165) is 27.6 Å². The van der Waals surface area contributed by atoms with Crippen LogP contribution in [0.4, 0.5) is 5.69 Å². The van der Waals surface area contributed by atoms with Gasteiger partial charge in [0.1, 0.15) is 0 Å². The molecule has 0 atom stereocenters. The molecule has 4 heterocycles. The Hall–Kier alpha value is -3.36. The Balaban J connectivity index is 1.37. The van der Waals surface area contributed by atoms with Crippen molar-refractivity contribution in [2.45, 2.75) is 23.9 Å². The molecule has 0 aliphatic carbocycles. The molecule has 0 amide bonds. The van der Waals surface area contributed by atoms with Gasteiger partial charge >= 0.3 is 0 Å². The molecule has 1 fully saturated rings. The maximum absolute atomic E-state index is 12.9. The molecule has 5 rings (SSSR count). The number of nitrogens with zero attached hydrogens (tertiary/aromatic N) is 4. The number of hydrogen-bond donors (Lipinski definition) is 1. The minimum atomic E-state index is -3.56. The molecule has 4 aromatic rings. The molecule has 0 bridgehead atoms. The van der Waals surface area contributed by atoms with Crippen molar-refractivity contribution < 1.29 is 8.42 Å². The van der Waals surface area contributed by atoms with Gasteiger partial charge in [0, 0.05) is 66.8 Å². The Kier molecular flexibility index (Phi) is 5.55. The third kappa shape index (κ3) is 4.06. The predicted molar refractivity (Wildman–Crippen MR) is 125 cm³/mol. The topological polar surface area (TPSA) is 88.1 Å². The Morgan fingerprint density at radius 1 is 0.875 bits per heavy atom. The first kappa shape index (κ1) is 20.5. The Morgan fingerprint density at radius 2 is 1.72 bits per heavy atom. The van der Waals surface area contributed by atoms with Crippen molar-refractivity contribution in [3.63, 3.8) is 0 Å². The van der Waals surface area contributed by atoms with Gasteiger partial charge < -0.3 is 5.32 Å². The zero-order valence-electron chi connectivity index (χ0n) is 17.4. The number of nitrogens with one attached hydrogen (secondary N) is 1. The molecule has 7 nitrogen and oxygen atoms in total. The van der Waals surface area contributed by atoms with E-state index in [1.54, 1.807) is 30.6 Å². The maximum Gasteiger partial charge on any atom is 0.260 e. The molecule has 3 aromatic heterocycles. The lowest BCUT2D eigenvalue weighted by Crippen LogP contribution is -2.42. The van der Waals surface area contributed by atoms with Gasteiger partial charge in [0.05, 0.1) is 0 Å². The highest BCUT2D eigenvalue weighted by atomic mass is 32.2. The molecular formula is C24H23N5O2S. The number of sulfonamides is 1. The molecule has 0 spiro atoms. The van der Waals surface area contributed by atoms with Crippen LogP contribution in [-0.4, -0.2) is 46.8 Å². The molecular weight excluding hydrogens is 422 g/mol. The molecule has 1 aliphatic rings. The van der Waals surface area contributed by atoms with Gasteiger partial charge in [0.15, 0.2) is 5.03 Å². The van der Waals surface area contributed by atoms with Gasteiger partial charge in [-0.05, 0) is 60.2 Å². The van der Waals surface area contributed by atoms with Gasteiger partial charge in [-0.2, -0.15) is 4.31 Å². The van der Waals surface area contributed by atoms with E-state index in [1.165, 1.54) is 10.5 Å². The van der Waals surface area contributed by atoms with Gasteiger partial charge in [-0.1, -0.05) is 12.1 Å². The largest absolute Gasteiger partial charge is 0.382 e. The number of pyridine rings is 3. The van der Waals surface area contributed by atoms with E-state index in [9.17, 15) is 8.42 Å². The standard InChI is InChI=1S/C24H23N5O2S/c30-32(31,24-5-1-2-10-27-24)29-12-7-21(8-13-29)28-23-15-20(19-4-3-9-25-16-19)14-18-6-11-26-17-22(18)23/h1-6,9-11,14-17,21,28H,7-8,12-13H2. The monoisotopic (exact) mass is 445 g/mol. The first-order valence-corrected chi connectivity index (χ1v) is 12.0. The summed E-state index contributed by atoms with van der Waals surface area (Å²) in [5.74, 6) is 0. The predicted octanol–water partition coefficient (Wildman–Crippen LogP) is 3.96. The molecule has 162 valence electrons. The Labute approximate surface area is 187 Å². The second kappa shape index (κ2) is 8.64. The summed E-state index contributed by atoms with van der Waals surface area (Å²) >= 11 is 0. The average Bonchev–Trinajstić information content (AvgIpc) is 2.85. The van der Waals surface area contributed by atoms with E-state index in [4.69, 9.17) is 0 Å². The Bertz CT molecular complexity index is 1320. The maximum atomic E-state index is 12.9. The van der Waals surface area contributed by atoms with Crippen molar-refractivity contribution in [1.29, 1.82) is 0 Å². The molecule has 1 saturated heterocycles. The minimum absolute atomic E-state index is 0.104. The zero-order valence-corrected chi connectivity index (χ0v) is 18.2. The van der Waals surface area contributed by atoms with Crippen LogP contribution in [0.2, 0.25) is 0 Å². The zero-order chi connectivity index (χ0) is 22.0. The fourth-order valence-electron chi connectivity index (χ4n) is 4.11. The highest BCUT2D eigenvalue weighted by Crippen LogP contribution is 2.32. The van der Waals surface area contributed by atoms with E-state index in [-0.39, 0.29) is 11.1 Å². The average molecular weight is 446 g/mol. The van der Waals surface area contributed by atoms with Gasteiger partial charge in [0.25, 0.3) is 10.0 Å². The summed E-state index contributed by atoms with van der Waals surface area (Å²) in [4.78, 5) is 12.6. The van der Waals surface area contributed by atoms with Gasteiger partial charge in [0.2, 0.25) is 0 Å². The van der Waals surface area contributed by atoms with Crippen molar-refractivity contribution in [1.82, 2.24) is 19.3 Å². The van der Waals surface area contributed by atoms with Crippen LogP contribution in [0.15, 0.2) is 84.5 Å². The second-order valence-corrected chi connectivity index (χ2v) is 9.74. The van der Waals surface area contributed by atoms with Gasteiger partial charge in [-0.25, -0.2) is 13.4 Å². The summed E-state index contributed by atoms with van der Waals surface area (Å²) < 4.78 is 27.2. The molecule has 8 heteroatoms. The number of fused-ring (bicyclic) bond motifs is 1. The van der Waals surface area contributed by atoms with E-state index in [1.807, 2.05) is 30.6 Å². The minimum Gasteiger partial charge on any atom is -0.382 e. The number of rotatable bonds is 5. The van der Waals surface area contributed by atoms with Crippen molar-refractivity contribution in [3.8, 4) is 11.1 Å². The fraction of sp³-hybridized carbons (Fsp3) is 0.208. The number of anilines is 1. The number of benzene rings is 1. The molecule has 1 N–H and O–H groups in total. The van der Waals surface area contributed by atoms with Crippen molar-refractivity contribution in [2.75, 3.05) is 18.4 Å². The lowest BCUT2D eigenvalue weighted by molar-refractivity contribution is 0.329. The van der Waals surface area contributed by atoms with Crippen LogP contribution in [0, 0.1) is 0 Å². The van der Waals surface area contributed by atoms with Crippen molar-refractivity contribution >= 4 is 26.5 Å². The number of piperidine rings is 1. The van der Waals surface area contributed by atoms with Crippen molar-refractivity contribution in [2.24, 2.45) is 0 Å². The van der Waals surface area contributed by atoms with E-state index in [2.05, 4.69) is 32.4 Å². The summed E-state index contributed by atoms with van der Waals surface area (Å²) in [5, 5.41) is 5.89. The summed E-state index contributed by atoms with van der Waals surface area (Å²) in [5.41, 5.74) is 3.13. The third-order valence-corrected chi connectivity index (χ3v) is 7.62. The summed E-state index contributed by atoms with van der Waals surface area (Å²) in [7, 11) is -3.56. The normalized spacial score (nSPS) is 15.6. The molecule has 1 aromatic carbocycles. The summed E-state index contributed by atoms with van der Waals surface area (Å²) in [6, 6.07) is 15.4. The van der Waals surface area contributed by atoms with Crippen molar-refractivity contribution in [3.05, 3.63) is 79.5 Å². The van der Waals surface area contributed by atoms with Crippen LogP contribution in [0.5, 0.6) is 0 Å². The van der Waals surface area contributed by atoms with Gasteiger partial charge in [-0.15, -0.1) is 0 Å². The molecule has 1 aliphatic heterocycles. The molecule has 32 heavy (non-hydrogen) atoms. The van der Waals surface area contributed by atoms with Crippen LogP contribution in [0.1, 0.15) is 12.8 Å². The van der Waals surface area contributed by atoms with Crippen LogP contribution in [-0.2, 0) is 10.0 Å². The van der Waals surface area contributed by atoms with Crippen LogP contribution in [0.3, 0.4) is 0 Å². The van der Waals surface area contributed by atoms with Crippen LogP contribution in [0.25, 0.3) is 21.9 Å². The van der Waals surface area contributed by atoms with E-state index < -0.39 is 10.0 Å². The smallest absolute Gasteiger partial charge is 0.260 e. The lowest BCUT2D eigenvalue weighted by Gasteiger charge is -2.32. The van der Waals surface area contributed by atoms with E-state index >= 15 is 0 Å². The SMILES string of the molecule is O=S(=O)(c1ccccn1)N1CCC(Nc2cc(-c3cccnc3)cc3ccncc23)CC1. The quantitative estimate of drug-likeness (QED) is 0.500. The molecule has 0 radical (unpaired) electrons. The summed E-state index contributed by atoms with van der Waals surface area (Å²) in [6.07, 6.45) is 10.2. The van der Waals surface area contributed by atoms with E-state index in [0.29, 0.717) is 25.9 Å². The first-order valence-electron chi connectivity index (χ1n) is 10.6. The van der Waals surface area contributed by atoms with Gasteiger partial charge in [-0.3, -0.25) is 9.97 Å².